The fourth-order valence-electron chi connectivity index (χ4n) is 4.21. The Balaban J connectivity index is 1.59. The Hall–Kier alpha value is 0. The summed E-state index contributed by atoms with van der Waals surface area (Å²) in [5, 5.41) is 0. The molecule has 0 amide bonds. The van der Waals surface area contributed by atoms with Crippen LogP contribution in [0.1, 0.15) is 46.0 Å². The standard InChI is InChI=1S/C12H20/c1-3-8(4-2)9-10-11(9)12(10)6-5-7-12/h8-11H,3-7H2,1-2H3. The Morgan fingerprint density at radius 3 is 2.08 bits per heavy atom. The number of hydrogen-bond donors (Lipinski definition) is 0. The third-order valence-electron chi connectivity index (χ3n) is 5.17. The van der Waals surface area contributed by atoms with Crippen molar-refractivity contribution in [2.45, 2.75) is 46.0 Å². The Kier molecular flexibility index (Phi) is 1.28. The van der Waals surface area contributed by atoms with Crippen LogP contribution in [0, 0.1) is 29.1 Å². The summed E-state index contributed by atoms with van der Waals surface area (Å²) in [6.07, 6.45) is 7.61. The molecule has 0 nitrogen and oxygen atoms in total. The second kappa shape index (κ2) is 2.08. The molecule has 2 unspecified atom stereocenters. The molecule has 0 bridgehead atoms. The van der Waals surface area contributed by atoms with Crippen LogP contribution in [0.25, 0.3) is 0 Å². The van der Waals surface area contributed by atoms with Gasteiger partial charge < -0.3 is 0 Å². The molecule has 2 atom stereocenters. The van der Waals surface area contributed by atoms with Crippen LogP contribution >= 0.6 is 0 Å². The van der Waals surface area contributed by atoms with Crippen LogP contribution < -0.4 is 0 Å². The molecule has 0 heterocycles. The van der Waals surface area contributed by atoms with Gasteiger partial charge in [0.05, 0.1) is 0 Å². The molecule has 0 aromatic carbocycles. The first-order chi connectivity index (χ1) is 5.85. The van der Waals surface area contributed by atoms with Gasteiger partial charge >= 0.3 is 0 Å². The fourth-order valence-corrected chi connectivity index (χ4v) is 4.21. The maximum Gasteiger partial charge on any atom is -0.0229 e. The molecule has 3 aliphatic carbocycles. The summed E-state index contributed by atoms with van der Waals surface area (Å²) >= 11 is 0. The van der Waals surface area contributed by atoms with E-state index in [4.69, 9.17) is 0 Å². The second-order valence-electron chi connectivity index (χ2n) is 5.29. The van der Waals surface area contributed by atoms with E-state index in [-0.39, 0.29) is 0 Å². The summed E-state index contributed by atoms with van der Waals surface area (Å²) in [6.45, 7) is 4.75. The van der Waals surface area contributed by atoms with Crippen LogP contribution in [-0.2, 0) is 0 Å². The Morgan fingerprint density at radius 1 is 1.17 bits per heavy atom. The van der Waals surface area contributed by atoms with Crippen molar-refractivity contribution < 1.29 is 0 Å². The highest BCUT2D eigenvalue weighted by Crippen LogP contribution is 2.89. The Morgan fingerprint density at radius 2 is 1.75 bits per heavy atom. The summed E-state index contributed by atoms with van der Waals surface area (Å²) in [5.74, 6) is 4.75. The van der Waals surface area contributed by atoms with Crippen molar-refractivity contribution in [3.8, 4) is 0 Å². The average molecular weight is 164 g/mol. The van der Waals surface area contributed by atoms with Gasteiger partial charge in [-0.25, -0.2) is 0 Å². The SMILES string of the molecule is CCC(CC)C1C2C1C21CCC1. The molecular formula is C12H20. The van der Waals surface area contributed by atoms with E-state index in [2.05, 4.69) is 13.8 Å². The Bertz CT molecular complexity index is 186. The lowest BCUT2D eigenvalue weighted by Gasteiger charge is -2.37. The van der Waals surface area contributed by atoms with E-state index in [1.807, 2.05) is 0 Å². The lowest BCUT2D eigenvalue weighted by molar-refractivity contribution is 0.128. The highest BCUT2D eigenvalue weighted by molar-refractivity contribution is 5.31. The third kappa shape index (κ3) is 0.625. The summed E-state index contributed by atoms with van der Waals surface area (Å²) < 4.78 is 0. The third-order valence-corrected chi connectivity index (χ3v) is 5.17. The number of fused-ring (bicyclic) bond motifs is 3. The molecule has 3 rings (SSSR count). The lowest BCUT2D eigenvalue weighted by atomic mass is 9.68. The minimum absolute atomic E-state index is 0.979. The first kappa shape index (κ1) is 7.41. The van der Waals surface area contributed by atoms with Gasteiger partial charge in [-0.15, -0.1) is 0 Å². The van der Waals surface area contributed by atoms with E-state index in [1.54, 1.807) is 19.3 Å². The molecule has 12 heavy (non-hydrogen) atoms. The highest BCUT2D eigenvalue weighted by atomic mass is 14.9. The fraction of sp³-hybridized carbons (Fsp3) is 1.00. The predicted molar refractivity (Wildman–Crippen MR) is 50.8 cm³/mol. The summed E-state index contributed by atoms with van der Waals surface area (Å²) in [6, 6.07) is 0. The van der Waals surface area contributed by atoms with Gasteiger partial charge in [0.25, 0.3) is 0 Å². The number of rotatable bonds is 3. The van der Waals surface area contributed by atoms with E-state index >= 15 is 0 Å². The smallest absolute Gasteiger partial charge is 0.0229 e. The molecule has 3 saturated carbocycles. The average Bonchev–Trinajstić information content (AvgIpc) is 2.81. The zero-order valence-corrected chi connectivity index (χ0v) is 8.34. The minimum Gasteiger partial charge on any atom is -0.0651 e. The van der Waals surface area contributed by atoms with Crippen LogP contribution in [0.4, 0.5) is 0 Å². The molecule has 68 valence electrons. The van der Waals surface area contributed by atoms with Crippen molar-refractivity contribution in [1.29, 1.82) is 0 Å². The molecule has 0 N–H and O–H groups in total. The van der Waals surface area contributed by atoms with Crippen molar-refractivity contribution in [2.24, 2.45) is 29.1 Å². The van der Waals surface area contributed by atoms with Gasteiger partial charge in [-0.05, 0) is 41.9 Å². The monoisotopic (exact) mass is 164 g/mol. The Labute approximate surface area is 75.7 Å². The molecule has 1 spiro atoms. The summed E-state index contributed by atoms with van der Waals surface area (Å²) in [4.78, 5) is 0. The zero-order valence-electron chi connectivity index (χ0n) is 8.34. The molecule has 0 aromatic heterocycles. The van der Waals surface area contributed by atoms with Crippen LogP contribution in [0.2, 0.25) is 0 Å². The van der Waals surface area contributed by atoms with E-state index in [1.165, 1.54) is 30.6 Å². The second-order valence-corrected chi connectivity index (χ2v) is 5.29. The van der Waals surface area contributed by atoms with Crippen molar-refractivity contribution in [3.05, 3.63) is 0 Å². The summed E-state index contributed by atoms with van der Waals surface area (Å²) in [7, 11) is 0. The van der Waals surface area contributed by atoms with Crippen LogP contribution in [0.3, 0.4) is 0 Å². The van der Waals surface area contributed by atoms with Crippen molar-refractivity contribution in [3.63, 3.8) is 0 Å². The van der Waals surface area contributed by atoms with Gasteiger partial charge in [-0.1, -0.05) is 33.1 Å². The number of hydrogen-bond acceptors (Lipinski definition) is 0. The molecular weight excluding hydrogens is 144 g/mol. The van der Waals surface area contributed by atoms with E-state index in [0.717, 1.165) is 11.3 Å². The van der Waals surface area contributed by atoms with Gasteiger partial charge in [-0.2, -0.15) is 0 Å². The molecule has 0 radical (unpaired) electrons. The van der Waals surface area contributed by atoms with Gasteiger partial charge in [0, 0.05) is 0 Å². The van der Waals surface area contributed by atoms with E-state index in [9.17, 15) is 0 Å². The van der Waals surface area contributed by atoms with E-state index < -0.39 is 0 Å². The molecule has 0 aromatic rings. The lowest BCUT2D eigenvalue weighted by Crippen LogP contribution is -2.28. The van der Waals surface area contributed by atoms with Gasteiger partial charge in [-0.3, -0.25) is 0 Å². The first-order valence-electron chi connectivity index (χ1n) is 5.85. The van der Waals surface area contributed by atoms with Crippen LogP contribution in [-0.4, -0.2) is 0 Å². The van der Waals surface area contributed by atoms with E-state index in [0.29, 0.717) is 0 Å². The maximum absolute atomic E-state index is 2.37. The quantitative estimate of drug-likeness (QED) is 0.599. The first-order valence-corrected chi connectivity index (χ1v) is 5.85. The highest BCUT2D eigenvalue weighted by Gasteiger charge is 2.84. The van der Waals surface area contributed by atoms with Gasteiger partial charge in [0.2, 0.25) is 0 Å². The van der Waals surface area contributed by atoms with Crippen LogP contribution in [0.15, 0.2) is 0 Å². The predicted octanol–water partition coefficient (Wildman–Crippen LogP) is 3.47. The molecule has 0 saturated heterocycles. The maximum atomic E-state index is 2.37. The topological polar surface area (TPSA) is 0 Å². The largest absolute Gasteiger partial charge is 0.0651 e. The van der Waals surface area contributed by atoms with Crippen molar-refractivity contribution in [2.75, 3.05) is 0 Å². The molecule has 3 aliphatic rings. The molecule has 0 aliphatic heterocycles. The van der Waals surface area contributed by atoms with Crippen molar-refractivity contribution in [1.82, 2.24) is 0 Å². The van der Waals surface area contributed by atoms with Crippen LogP contribution in [0.5, 0.6) is 0 Å². The van der Waals surface area contributed by atoms with Gasteiger partial charge in [0.1, 0.15) is 0 Å². The van der Waals surface area contributed by atoms with Crippen molar-refractivity contribution >= 4 is 0 Å². The minimum atomic E-state index is 0.979. The zero-order chi connectivity index (χ0) is 8.34. The summed E-state index contributed by atoms with van der Waals surface area (Å²) in [5.41, 5.74) is 0.979. The normalized spacial score (nSPS) is 45.8. The molecule has 3 fully saturated rings. The van der Waals surface area contributed by atoms with Gasteiger partial charge in [0.15, 0.2) is 0 Å². The molecule has 0 heteroatoms.